The molecule has 1 aromatic heterocycles. The number of rotatable bonds is 7. The number of likely N-dealkylation sites (tertiary alicyclic amines) is 1. The molecule has 0 aliphatic carbocycles. The summed E-state index contributed by atoms with van der Waals surface area (Å²) in [6.07, 6.45) is 5.26. The number of oxazole rings is 1. The molecule has 0 saturated carbocycles. The van der Waals surface area contributed by atoms with E-state index >= 15 is 0 Å². The number of nitrogens with zero attached hydrogens (tertiary/aromatic N) is 3. The molecular formula is C25H27FN4O4S. The predicted molar refractivity (Wildman–Crippen MR) is 131 cm³/mol. The fourth-order valence-corrected chi connectivity index (χ4v) is 4.97. The maximum Gasteiger partial charge on any atom is 0.284 e. The van der Waals surface area contributed by atoms with Crippen molar-refractivity contribution in [1.82, 2.24) is 9.88 Å². The van der Waals surface area contributed by atoms with Gasteiger partial charge in [-0.2, -0.15) is 8.42 Å². The average Bonchev–Trinajstić information content (AvgIpc) is 3.22. The van der Waals surface area contributed by atoms with Gasteiger partial charge in [0, 0.05) is 38.5 Å². The van der Waals surface area contributed by atoms with Gasteiger partial charge in [-0.05, 0) is 43.2 Å². The van der Waals surface area contributed by atoms with Gasteiger partial charge < -0.3 is 14.6 Å². The number of hydrogen-bond acceptors (Lipinski definition) is 5. The van der Waals surface area contributed by atoms with Gasteiger partial charge in [0.05, 0.1) is 16.7 Å². The maximum atomic E-state index is 13.9. The molecule has 8 nitrogen and oxygen atoms in total. The first kappa shape index (κ1) is 24.6. The molecule has 0 unspecified atom stereocenters. The number of aryl methyl sites for hydroxylation is 1. The minimum atomic E-state index is -3.91. The van der Waals surface area contributed by atoms with E-state index in [1.54, 1.807) is 30.3 Å². The summed E-state index contributed by atoms with van der Waals surface area (Å²) in [7, 11) is -2.06. The SMILES string of the molecule is CN1CCCCC/C1=N\S(=O)(=O)c1cccc(NC(=O)CCc2ncc(-c3ccccc3F)o2)c1. The second-order valence-corrected chi connectivity index (χ2v) is 9.99. The van der Waals surface area contributed by atoms with Crippen molar-refractivity contribution in [1.29, 1.82) is 0 Å². The molecule has 1 N–H and O–H groups in total. The molecule has 1 amide bonds. The van der Waals surface area contributed by atoms with E-state index in [1.807, 2.05) is 11.9 Å². The number of carbonyl (C=O) groups excluding carboxylic acids is 1. The monoisotopic (exact) mass is 498 g/mol. The summed E-state index contributed by atoms with van der Waals surface area (Å²) in [6, 6.07) is 12.2. The van der Waals surface area contributed by atoms with E-state index in [2.05, 4.69) is 14.7 Å². The van der Waals surface area contributed by atoms with Gasteiger partial charge in [0.1, 0.15) is 11.7 Å². The molecule has 35 heavy (non-hydrogen) atoms. The van der Waals surface area contributed by atoms with Crippen molar-refractivity contribution in [3.8, 4) is 11.3 Å². The standard InChI is InChI=1S/C25H27FN4O4S/c1-30-15-6-2-3-12-23(30)29-35(32,33)19-9-7-8-18(16-19)28-24(31)13-14-25-27-17-22(34-25)20-10-4-5-11-21(20)26/h4-5,7-11,16-17H,2-3,6,12-15H2,1H3,(H,28,31)/b29-23+. The number of nitrogens with one attached hydrogen (secondary N) is 1. The highest BCUT2D eigenvalue weighted by molar-refractivity contribution is 7.90. The lowest BCUT2D eigenvalue weighted by molar-refractivity contribution is -0.116. The highest BCUT2D eigenvalue weighted by Gasteiger charge is 2.19. The molecule has 1 fully saturated rings. The zero-order valence-corrected chi connectivity index (χ0v) is 20.2. The molecule has 3 aromatic rings. The van der Waals surface area contributed by atoms with Gasteiger partial charge in [0.15, 0.2) is 11.7 Å². The summed E-state index contributed by atoms with van der Waals surface area (Å²) in [5.74, 6) is 0.395. The molecule has 2 aromatic carbocycles. The number of sulfonamides is 1. The van der Waals surface area contributed by atoms with Crippen molar-refractivity contribution >= 4 is 27.5 Å². The maximum absolute atomic E-state index is 13.9. The number of benzene rings is 2. The third kappa shape index (κ3) is 6.33. The average molecular weight is 499 g/mol. The summed E-state index contributed by atoms with van der Waals surface area (Å²) >= 11 is 0. The Hall–Kier alpha value is -3.53. The van der Waals surface area contributed by atoms with E-state index in [0.717, 1.165) is 25.8 Å². The Morgan fingerprint density at radius 1 is 1.17 bits per heavy atom. The summed E-state index contributed by atoms with van der Waals surface area (Å²) in [5, 5.41) is 2.70. The van der Waals surface area contributed by atoms with Crippen LogP contribution in [0.5, 0.6) is 0 Å². The van der Waals surface area contributed by atoms with E-state index in [9.17, 15) is 17.6 Å². The second-order valence-electron chi connectivity index (χ2n) is 8.39. The van der Waals surface area contributed by atoms with E-state index in [1.165, 1.54) is 24.4 Å². The quantitative estimate of drug-likeness (QED) is 0.509. The first-order chi connectivity index (χ1) is 16.8. The molecule has 0 atom stereocenters. The highest BCUT2D eigenvalue weighted by Crippen LogP contribution is 2.24. The van der Waals surface area contributed by atoms with Crippen LogP contribution in [0.15, 0.2) is 68.4 Å². The first-order valence-corrected chi connectivity index (χ1v) is 12.9. The normalized spacial score (nSPS) is 15.7. The molecule has 1 aliphatic rings. The van der Waals surface area contributed by atoms with Crippen molar-refractivity contribution < 1.29 is 22.0 Å². The van der Waals surface area contributed by atoms with Crippen LogP contribution in [0, 0.1) is 5.82 Å². The second kappa shape index (κ2) is 10.8. The van der Waals surface area contributed by atoms with Crippen LogP contribution in [0.2, 0.25) is 0 Å². The Labute approximate surface area is 203 Å². The van der Waals surface area contributed by atoms with Crippen molar-refractivity contribution in [3.63, 3.8) is 0 Å². The van der Waals surface area contributed by atoms with E-state index in [4.69, 9.17) is 4.42 Å². The molecule has 2 heterocycles. The summed E-state index contributed by atoms with van der Waals surface area (Å²) in [4.78, 5) is 18.5. The number of halogens is 1. The largest absolute Gasteiger partial charge is 0.441 e. The van der Waals surface area contributed by atoms with Gasteiger partial charge in [0.25, 0.3) is 10.0 Å². The van der Waals surface area contributed by atoms with Crippen LogP contribution in [-0.4, -0.2) is 43.6 Å². The first-order valence-electron chi connectivity index (χ1n) is 11.5. The molecule has 184 valence electrons. The van der Waals surface area contributed by atoms with E-state index in [0.29, 0.717) is 29.4 Å². The van der Waals surface area contributed by atoms with Crippen LogP contribution in [0.4, 0.5) is 10.1 Å². The Bertz CT molecular complexity index is 1340. The van der Waals surface area contributed by atoms with Crippen LogP contribution >= 0.6 is 0 Å². The van der Waals surface area contributed by atoms with E-state index in [-0.39, 0.29) is 29.4 Å². The topological polar surface area (TPSA) is 105 Å². The molecule has 1 aliphatic heterocycles. The minimum absolute atomic E-state index is 0.0164. The Balaban J connectivity index is 1.39. The van der Waals surface area contributed by atoms with Crippen molar-refractivity contribution in [3.05, 3.63) is 66.4 Å². The van der Waals surface area contributed by atoms with Gasteiger partial charge in [-0.3, -0.25) is 4.79 Å². The predicted octanol–water partition coefficient (Wildman–Crippen LogP) is 4.65. The number of carbonyl (C=O) groups is 1. The number of amidine groups is 1. The van der Waals surface area contributed by atoms with Crippen LogP contribution < -0.4 is 5.32 Å². The fraction of sp³-hybridized carbons (Fsp3) is 0.320. The summed E-state index contributed by atoms with van der Waals surface area (Å²) in [5.41, 5.74) is 0.650. The molecule has 0 spiro atoms. The van der Waals surface area contributed by atoms with Gasteiger partial charge in [-0.25, -0.2) is 9.37 Å². The highest BCUT2D eigenvalue weighted by atomic mass is 32.2. The lowest BCUT2D eigenvalue weighted by Gasteiger charge is -2.17. The third-order valence-corrected chi connectivity index (χ3v) is 7.04. The lowest BCUT2D eigenvalue weighted by atomic mass is 10.2. The Morgan fingerprint density at radius 3 is 2.83 bits per heavy atom. The minimum Gasteiger partial charge on any atom is -0.441 e. The lowest BCUT2D eigenvalue weighted by Crippen LogP contribution is -2.26. The summed E-state index contributed by atoms with van der Waals surface area (Å²) < 4.78 is 49.3. The zero-order chi connectivity index (χ0) is 24.8. The van der Waals surface area contributed by atoms with Crippen LogP contribution in [0.3, 0.4) is 0 Å². The molecule has 0 radical (unpaired) electrons. The van der Waals surface area contributed by atoms with E-state index < -0.39 is 15.8 Å². The van der Waals surface area contributed by atoms with Gasteiger partial charge in [-0.15, -0.1) is 4.40 Å². The Morgan fingerprint density at radius 2 is 2.00 bits per heavy atom. The number of aromatic nitrogens is 1. The summed E-state index contributed by atoms with van der Waals surface area (Å²) in [6.45, 7) is 0.775. The fourth-order valence-electron chi connectivity index (χ4n) is 3.83. The zero-order valence-electron chi connectivity index (χ0n) is 19.4. The van der Waals surface area contributed by atoms with Crippen LogP contribution in [0.25, 0.3) is 11.3 Å². The van der Waals surface area contributed by atoms with Crippen molar-refractivity contribution in [2.45, 2.75) is 43.4 Å². The molecule has 4 rings (SSSR count). The Kier molecular flexibility index (Phi) is 7.60. The number of anilines is 1. The smallest absolute Gasteiger partial charge is 0.284 e. The molecule has 10 heteroatoms. The van der Waals surface area contributed by atoms with Crippen LogP contribution in [-0.2, 0) is 21.2 Å². The van der Waals surface area contributed by atoms with Gasteiger partial charge >= 0.3 is 0 Å². The third-order valence-electron chi connectivity index (χ3n) is 5.73. The van der Waals surface area contributed by atoms with Crippen molar-refractivity contribution in [2.24, 2.45) is 4.40 Å². The number of hydrogen-bond donors (Lipinski definition) is 1. The number of amides is 1. The molecule has 1 saturated heterocycles. The van der Waals surface area contributed by atoms with Gasteiger partial charge in [-0.1, -0.05) is 24.6 Å². The van der Waals surface area contributed by atoms with Gasteiger partial charge in [0.2, 0.25) is 5.91 Å². The van der Waals surface area contributed by atoms with Crippen LogP contribution in [0.1, 0.15) is 38.0 Å². The molecule has 0 bridgehead atoms. The molecular weight excluding hydrogens is 471 g/mol. The van der Waals surface area contributed by atoms with Crippen molar-refractivity contribution in [2.75, 3.05) is 18.9 Å².